The Labute approximate surface area is 120 Å². The van der Waals surface area contributed by atoms with Crippen LogP contribution in [0.2, 0.25) is 0 Å². The molecule has 6 heteroatoms. The lowest BCUT2D eigenvalue weighted by atomic mass is 10.00. The van der Waals surface area contributed by atoms with E-state index in [0.29, 0.717) is 0 Å². The van der Waals surface area contributed by atoms with Gasteiger partial charge in [0.1, 0.15) is 11.7 Å². The summed E-state index contributed by atoms with van der Waals surface area (Å²) in [5.74, 6) is -0.122. The number of carbonyl (C=O) groups is 1. The van der Waals surface area contributed by atoms with Gasteiger partial charge in [0.2, 0.25) is 0 Å². The first-order chi connectivity index (χ1) is 10.2. The van der Waals surface area contributed by atoms with Crippen LogP contribution in [0.5, 0.6) is 0 Å². The van der Waals surface area contributed by atoms with Gasteiger partial charge in [-0.05, 0) is 25.1 Å². The Morgan fingerprint density at radius 3 is 3.10 bits per heavy atom. The maximum Gasteiger partial charge on any atom is 0.252 e. The molecule has 2 atom stereocenters. The van der Waals surface area contributed by atoms with Crippen molar-refractivity contribution in [1.29, 1.82) is 0 Å². The zero-order chi connectivity index (χ0) is 14.4. The predicted molar refractivity (Wildman–Crippen MR) is 80.7 cm³/mol. The van der Waals surface area contributed by atoms with Gasteiger partial charge in [0, 0.05) is 22.8 Å². The molecule has 0 aromatic carbocycles. The topological polar surface area (TPSA) is 82.5 Å². The first-order valence-electron chi connectivity index (χ1n) is 6.74. The van der Waals surface area contributed by atoms with Gasteiger partial charge in [-0.25, -0.2) is 4.98 Å². The summed E-state index contributed by atoms with van der Waals surface area (Å²) in [6.07, 6.45) is 7.02. The van der Waals surface area contributed by atoms with E-state index < -0.39 is 6.04 Å². The van der Waals surface area contributed by atoms with Gasteiger partial charge in [-0.15, -0.1) is 0 Å². The van der Waals surface area contributed by atoms with Crippen LogP contribution in [-0.2, 0) is 4.79 Å². The number of nitrogens with zero attached hydrogens (tertiary/aromatic N) is 3. The van der Waals surface area contributed by atoms with Crippen LogP contribution in [-0.4, -0.2) is 40.0 Å². The largest absolute Gasteiger partial charge is 0.344 e. The third-order valence-electron chi connectivity index (χ3n) is 3.68. The van der Waals surface area contributed by atoms with Gasteiger partial charge in [0.05, 0.1) is 12.1 Å². The summed E-state index contributed by atoms with van der Waals surface area (Å²) >= 11 is 0. The predicted octanol–water partition coefficient (Wildman–Crippen LogP) is 1.13. The van der Waals surface area contributed by atoms with Crippen molar-refractivity contribution in [3.63, 3.8) is 0 Å². The van der Waals surface area contributed by atoms with E-state index in [2.05, 4.69) is 25.3 Å². The van der Waals surface area contributed by atoms with Gasteiger partial charge in [-0.2, -0.15) is 0 Å². The minimum absolute atomic E-state index is 0.122. The maximum absolute atomic E-state index is 11.9. The van der Waals surface area contributed by atoms with Crippen LogP contribution < -0.4 is 5.32 Å². The lowest BCUT2D eigenvalue weighted by Gasteiger charge is -2.24. The van der Waals surface area contributed by atoms with Crippen molar-refractivity contribution in [2.45, 2.75) is 19.0 Å². The second kappa shape index (κ2) is 4.37. The number of carbonyl (C=O) groups excluding carboxylic acids is 1. The number of rotatable bonds is 1. The van der Waals surface area contributed by atoms with Gasteiger partial charge in [0.25, 0.3) is 5.91 Å². The molecule has 1 amide bonds. The van der Waals surface area contributed by atoms with Crippen molar-refractivity contribution in [1.82, 2.24) is 15.3 Å². The van der Waals surface area contributed by atoms with Gasteiger partial charge < -0.3 is 10.3 Å². The lowest BCUT2D eigenvalue weighted by molar-refractivity contribution is -0.121. The highest BCUT2D eigenvalue weighted by Crippen LogP contribution is 2.20. The van der Waals surface area contributed by atoms with E-state index >= 15 is 0 Å². The number of aromatic amines is 1. The molecule has 2 aliphatic rings. The molecule has 2 aliphatic heterocycles. The molecule has 4 heterocycles. The zero-order valence-corrected chi connectivity index (χ0v) is 11.4. The summed E-state index contributed by atoms with van der Waals surface area (Å²) in [6.45, 7) is 1.99. The number of fused-ring (bicyclic) bond motifs is 2. The number of nitrogens with one attached hydrogen (secondary N) is 2. The van der Waals surface area contributed by atoms with E-state index in [1.807, 2.05) is 31.2 Å². The molecule has 4 rings (SSSR count). The molecule has 104 valence electrons. The Bertz CT molecular complexity index is 830. The molecule has 2 unspecified atom stereocenters. The number of dihydropyridines is 1. The molecular formula is C15H13N5O. The summed E-state index contributed by atoms with van der Waals surface area (Å²) in [6, 6.07) is 3.38. The molecule has 2 N–H and O–H groups in total. The normalized spacial score (nSPS) is 23.9. The summed E-state index contributed by atoms with van der Waals surface area (Å²) < 4.78 is 0. The SMILES string of the molecule is Cc1cc2cc(C3=NC4C(=O)NC=NC4C=C3)cnc2[nH]1. The third kappa shape index (κ3) is 1.96. The minimum atomic E-state index is -0.487. The minimum Gasteiger partial charge on any atom is -0.344 e. The molecule has 0 saturated carbocycles. The highest BCUT2D eigenvalue weighted by molar-refractivity contribution is 6.12. The molecule has 2 aromatic rings. The van der Waals surface area contributed by atoms with E-state index in [4.69, 9.17) is 0 Å². The lowest BCUT2D eigenvalue weighted by Crippen LogP contribution is -2.45. The zero-order valence-electron chi connectivity index (χ0n) is 11.4. The van der Waals surface area contributed by atoms with Crippen LogP contribution in [0.3, 0.4) is 0 Å². The quantitative estimate of drug-likeness (QED) is 0.820. The van der Waals surface area contributed by atoms with Crippen molar-refractivity contribution < 1.29 is 4.79 Å². The first kappa shape index (κ1) is 12.0. The van der Waals surface area contributed by atoms with Gasteiger partial charge in [-0.3, -0.25) is 14.8 Å². The second-order valence-electron chi connectivity index (χ2n) is 5.21. The maximum atomic E-state index is 11.9. The van der Waals surface area contributed by atoms with Crippen LogP contribution in [0.15, 0.2) is 40.5 Å². The van der Waals surface area contributed by atoms with Crippen LogP contribution in [0.1, 0.15) is 11.3 Å². The van der Waals surface area contributed by atoms with Crippen molar-refractivity contribution >= 4 is 29.0 Å². The average Bonchev–Trinajstić information content (AvgIpc) is 2.86. The van der Waals surface area contributed by atoms with E-state index in [9.17, 15) is 4.79 Å². The van der Waals surface area contributed by atoms with Crippen LogP contribution in [0.25, 0.3) is 11.0 Å². The van der Waals surface area contributed by atoms with Crippen molar-refractivity contribution in [2.75, 3.05) is 0 Å². The molecule has 21 heavy (non-hydrogen) atoms. The molecule has 0 fully saturated rings. The van der Waals surface area contributed by atoms with Gasteiger partial charge in [-0.1, -0.05) is 6.08 Å². The molecule has 0 spiro atoms. The van der Waals surface area contributed by atoms with Crippen LogP contribution in [0, 0.1) is 6.92 Å². The van der Waals surface area contributed by atoms with Crippen LogP contribution >= 0.6 is 0 Å². The van der Waals surface area contributed by atoms with Crippen molar-refractivity contribution in [3.8, 4) is 0 Å². The second-order valence-corrected chi connectivity index (χ2v) is 5.21. The molecule has 0 bridgehead atoms. The van der Waals surface area contributed by atoms with Crippen molar-refractivity contribution in [2.24, 2.45) is 9.98 Å². The van der Waals surface area contributed by atoms with Gasteiger partial charge in [0.15, 0.2) is 6.04 Å². The fourth-order valence-corrected chi connectivity index (χ4v) is 2.64. The fraction of sp³-hybridized carbons (Fsp3) is 0.200. The number of amides is 1. The van der Waals surface area contributed by atoms with E-state index in [-0.39, 0.29) is 11.9 Å². The highest BCUT2D eigenvalue weighted by Gasteiger charge is 2.30. The Balaban J connectivity index is 1.76. The summed E-state index contributed by atoms with van der Waals surface area (Å²) in [7, 11) is 0. The third-order valence-corrected chi connectivity index (χ3v) is 3.68. The number of aliphatic imine (C=N–C) groups is 2. The molecule has 0 radical (unpaired) electrons. The van der Waals surface area contributed by atoms with Crippen LogP contribution in [0.4, 0.5) is 0 Å². The summed E-state index contributed by atoms with van der Waals surface area (Å²) in [4.78, 5) is 28.2. The number of aryl methyl sites for hydroxylation is 1. The number of allylic oxidation sites excluding steroid dienone is 1. The number of hydrogen-bond donors (Lipinski definition) is 2. The highest BCUT2D eigenvalue weighted by atomic mass is 16.2. The Morgan fingerprint density at radius 1 is 1.29 bits per heavy atom. The summed E-state index contributed by atoms with van der Waals surface area (Å²) in [5, 5.41) is 3.63. The smallest absolute Gasteiger partial charge is 0.252 e. The molecule has 6 nitrogen and oxygen atoms in total. The standard InChI is InChI=1S/C15H13N5O/c1-8-4-9-5-10(6-16-14(9)19-8)11-2-3-12-13(20-11)15(21)18-7-17-12/h2-7,12-13H,1H3,(H,16,19)(H,17,18,21). The number of aromatic nitrogens is 2. The molecule has 0 aliphatic carbocycles. The van der Waals surface area contributed by atoms with Crippen molar-refractivity contribution in [3.05, 3.63) is 41.7 Å². The Morgan fingerprint density at radius 2 is 2.19 bits per heavy atom. The van der Waals surface area contributed by atoms with Gasteiger partial charge >= 0.3 is 0 Å². The van der Waals surface area contributed by atoms with E-state index in [0.717, 1.165) is 28.0 Å². The number of hydrogen-bond acceptors (Lipinski definition) is 4. The number of pyridine rings is 1. The molecular weight excluding hydrogens is 266 g/mol. The Kier molecular flexibility index (Phi) is 2.50. The summed E-state index contributed by atoms with van der Waals surface area (Å²) in [5.41, 5.74) is 3.58. The fourth-order valence-electron chi connectivity index (χ4n) is 2.64. The molecule has 2 aromatic heterocycles. The average molecular weight is 279 g/mol. The number of H-pyrrole nitrogens is 1. The molecule has 0 saturated heterocycles. The monoisotopic (exact) mass is 279 g/mol. The first-order valence-corrected chi connectivity index (χ1v) is 6.74. The Hall–Kier alpha value is -2.76. The van der Waals surface area contributed by atoms with E-state index in [1.54, 1.807) is 6.20 Å². The van der Waals surface area contributed by atoms with E-state index in [1.165, 1.54) is 6.34 Å².